The maximum absolute atomic E-state index is 12.1. The number of nitrogens with one attached hydrogen (secondary N) is 2. The van der Waals surface area contributed by atoms with Gasteiger partial charge in [0.15, 0.2) is 5.16 Å². The van der Waals surface area contributed by atoms with Crippen LogP contribution in [0.25, 0.3) is 0 Å². The summed E-state index contributed by atoms with van der Waals surface area (Å²) in [6.45, 7) is 2.49. The number of rotatable bonds is 6. The van der Waals surface area contributed by atoms with Crippen molar-refractivity contribution in [3.05, 3.63) is 77.1 Å². The second-order valence-corrected chi connectivity index (χ2v) is 7.35. The topological polar surface area (TPSA) is 66.9 Å². The van der Waals surface area contributed by atoms with Crippen LogP contribution >= 0.6 is 23.4 Å². The van der Waals surface area contributed by atoms with Gasteiger partial charge in [-0.2, -0.15) is 0 Å². The summed E-state index contributed by atoms with van der Waals surface area (Å²) in [5.41, 5.74) is 2.83. The van der Waals surface area contributed by atoms with Gasteiger partial charge < -0.3 is 10.6 Å². The van der Waals surface area contributed by atoms with Crippen LogP contribution in [-0.2, 0) is 6.42 Å². The number of carbonyl (C=O) groups is 1. The van der Waals surface area contributed by atoms with Crippen molar-refractivity contribution in [2.75, 3.05) is 11.9 Å². The second-order valence-electron chi connectivity index (χ2n) is 5.87. The Bertz CT molecular complexity index is 921. The number of amides is 2. The number of carbonyl (C=O) groups excluding carboxylic acids is 1. The van der Waals surface area contributed by atoms with E-state index in [1.165, 1.54) is 11.8 Å². The molecule has 0 saturated heterocycles. The molecule has 0 spiro atoms. The molecule has 7 heteroatoms. The molecular formula is C20H19ClN4OS. The minimum atomic E-state index is -0.230. The SMILES string of the molecule is Cc1cc(Sc2ncccn2)ccc1NC(=O)NCCc1cccc(Cl)c1. The standard InChI is InChI=1S/C20H19ClN4OS/c1-14-12-17(27-20-23-9-3-10-24-20)6-7-18(14)25-19(26)22-11-8-15-4-2-5-16(21)13-15/h2-7,9-10,12-13H,8,11H2,1H3,(H2,22,25,26). The van der Waals surface area contributed by atoms with Crippen LogP contribution in [0, 0.1) is 6.92 Å². The van der Waals surface area contributed by atoms with Gasteiger partial charge in [0.1, 0.15) is 0 Å². The van der Waals surface area contributed by atoms with Gasteiger partial charge in [0, 0.05) is 34.5 Å². The van der Waals surface area contributed by atoms with Crippen LogP contribution in [0.4, 0.5) is 10.5 Å². The van der Waals surface area contributed by atoms with Gasteiger partial charge in [0.05, 0.1) is 0 Å². The minimum Gasteiger partial charge on any atom is -0.338 e. The summed E-state index contributed by atoms with van der Waals surface area (Å²) in [6, 6.07) is 15.0. The first-order valence-corrected chi connectivity index (χ1v) is 9.64. The summed E-state index contributed by atoms with van der Waals surface area (Å²) in [7, 11) is 0. The number of hydrogen-bond acceptors (Lipinski definition) is 4. The molecule has 0 aliphatic heterocycles. The number of aryl methyl sites for hydroxylation is 1. The molecule has 0 aliphatic rings. The van der Waals surface area contributed by atoms with E-state index in [2.05, 4.69) is 20.6 Å². The van der Waals surface area contributed by atoms with Gasteiger partial charge in [-0.1, -0.05) is 23.7 Å². The number of urea groups is 1. The van der Waals surface area contributed by atoms with Crippen LogP contribution in [0.5, 0.6) is 0 Å². The molecule has 27 heavy (non-hydrogen) atoms. The average molecular weight is 399 g/mol. The Morgan fingerprint density at radius 2 is 1.93 bits per heavy atom. The van der Waals surface area contributed by atoms with Crippen LogP contribution in [0.2, 0.25) is 5.02 Å². The third-order valence-electron chi connectivity index (χ3n) is 3.79. The summed E-state index contributed by atoms with van der Waals surface area (Å²) >= 11 is 7.45. The van der Waals surface area contributed by atoms with Crippen molar-refractivity contribution in [2.45, 2.75) is 23.4 Å². The van der Waals surface area contributed by atoms with Crippen LogP contribution < -0.4 is 10.6 Å². The Balaban J connectivity index is 1.51. The van der Waals surface area contributed by atoms with Gasteiger partial charge in [0.25, 0.3) is 0 Å². The van der Waals surface area contributed by atoms with E-state index in [1.54, 1.807) is 18.5 Å². The van der Waals surface area contributed by atoms with E-state index in [9.17, 15) is 4.79 Å². The summed E-state index contributed by atoms with van der Waals surface area (Å²) < 4.78 is 0. The lowest BCUT2D eigenvalue weighted by molar-refractivity contribution is 0.252. The molecule has 0 aliphatic carbocycles. The first-order valence-electron chi connectivity index (χ1n) is 8.45. The van der Waals surface area contributed by atoms with Gasteiger partial charge in [0.2, 0.25) is 0 Å². The van der Waals surface area contributed by atoms with E-state index in [0.717, 1.165) is 28.1 Å². The van der Waals surface area contributed by atoms with E-state index < -0.39 is 0 Å². The highest BCUT2D eigenvalue weighted by Gasteiger charge is 2.07. The zero-order valence-electron chi connectivity index (χ0n) is 14.8. The van der Waals surface area contributed by atoms with Crippen LogP contribution in [0.1, 0.15) is 11.1 Å². The van der Waals surface area contributed by atoms with E-state index in [0.29, 0.717) is 16.7 Å². The lowest BCUT2D eigenvalue weighted by Gasteiger charge is -2.11. The minimum absolute atomic E-state index is 0.230. The Morgan fingerprint density at radius 3 is 2.67 bits per heavy atom. The van der Waals surface area contributed by atoms with Gasteiger partial charge in [-0.3, -0.25) is 0 Å². The summed E-state index contributed by atoms with van der Waals surface area (Å²) in [6.07, 6.45) is 4.15. The smallest absolute Gasteiger partial charge is 0.319 e. The third kappa shape index (κ3) is 5.98. The quantitative estimate of drug-likeness (QED) is 0.576. The molecule has 1 aromatic heterocycles. The Kier molecular flexibility index (Phi) is 6.68. The zero-order valence-corrected chi connectivity index (χ0v) is 16.3. The maximum atomic E-state index is 12.1. The molecule has 0 unspecified atom stereocenters. The van der Waals surface area contributed by atoms with Crippen LogP contribution in [-0.4, -0.2) is 22.5 Å². The van der Waals surface area contributed by atoms with E-state index in [-0.39, 0.29) is 6.03 Å². The molecule has 3 aromatic rings. The Morgan fingerprint density at radius 1 is 1.11 bits per heavy atom. The van der Waals surface area contributed by atoms with Crippen LogP contribution in [0.15, 0.2) is 71.0 Å². The molecular weight excluding hydrogens is 380 g/mol. The lowest BCUT2D eigenvalue weighted by Crippen LogP contribution is -2.30. The normalized spacial score (nSPS) is 10.4. The fourth-order valence-electron chi connectivity index (χ4n) is 2.46. The highest BCUT2D eigenvalue weighted by atomic mass is 35.5. The van der Waals surface area contributed by atoms with Gasteiger partial charge in [-0.05, 0) is 72.6 Å². The molecule has 2 aromatic carbocycles. The highest BCUT2D eigenvalue weighted by molar-refractivity contribution is 7.99. The van der Waals surface area contributed by atoms with E-state index >= 15 is 0 Å². The average Bonchev–Trinajstić information content (AvgIpc) is 2.65. The molecule has 0 bridgehead atoms. The van der Waals surface area contributed by atoms with Crippen molar-refractivity contribution in [2.24, 2.45) is 0 Å². The summed E-state index contributed by atoms with van der Waals surface area (Å²) in [5, 5.41) is 7.14. The molecule has 0 radical (unpaired) electrons. The molecule has 0 saturated carbocycles. The molecule has 3 rings (SSSR count). The molecule has 0 atom stereocenters. The number of halogens is 1. The number of anilines is 1. The first-order chi connectivity index (χ1) is 13.1. The monoisotopic (exact) mass is 398 g/mol. The van der Waals surface area contributed by atoms with Crippen molar-refractivity contribution in [3.63, 3.8) is 0 Å². The van der Waals surface area contributed by atoms with Gasteiger partial charge >= 0.3 is 6.03 Å². The zero-order chi connectivity index (χ0) is 19.1. The maximum Gasteiger partial charge on any atom is 0.319 e. The van der Waals surface area contributed by atoms with Crippen LogP contribution in [0.3, 0.4) is 0 Å². The fraction of sp³-hybridized carbons (Fsp3) is 0.150. The fourth-order valence-corrected chi connectivity index (χ4v) is 3.49. The van der Waals surface area contributed by atoms with Crippen molar-refractivity contribution < 1.29 is 4.79 Å². The molecule has 138 valence electrons. The van der Waals surface area contributed by atoms with E-state index in [4.69, 9.17) is 11.6 Å². The first kappa shape index (κ1) is 19.2. The largest absolute Gasteiger partial charge is 0.338 e. The summed E-state index contributed by atoms with van der Waals surface area (Å²) in [4.78, 5) is 21.5. The predicted octanol–water partition coefficient (Wildman–Crippen LogP) is 4.95. The van der Waals surface area contributed by atoms with Crippen molar-refractivity contribution in [1.29, 1.82) is 0 Å². The molecule has 0 fully saturated rings. The third-order valence-corrected chi connectivity index (χ3v) is 4.90. The number of hydrogen-bond donors (Lipinski definition) is 2. The Labute approximate surface area is 167 Å². The number of nitrogens with zero attached hydrogens (tertiary/aromatic N) is 2. The highest BCUT2D eigenvalue weighted by Crippen LogP contribution is 2.27. The van der Waals surface area contributed by atoms with E-state index in [1.807, 2.05) is 49.4 Å². The second kappa shape index (κ2) is 9.39. The lowest BCUT2D eigenvalue weighted by atomic mass is 10.1. The molecule has 2 N–H and O–H groups in total. The molecule has 1 heterocycles. The van der Waals surface area contributed by atoms with Gasteiger partial charge in [-0.25, -0.2) is 14.8 Å². The number of aromatic nitrogens is 2. The van der Waals surface area contributed by atoms with Crippen molar-refractivity contribution in [1.82, 2.24) is 15.3 Å². The summed E-state index contributed by atoms with van der Waals surface area (Å²) in [5.74, 6) is 0. The predicted molar refractivity (Wildman–Crippen MR) is 110 cm³/mol. The molecule has 5 nitrogen and oxygen atoms in total. The molecule has 2 amide bonds. The van der Waals surface area contributed by atoms with Gasteiger partial charge in [-0.15, -0.1) is 0 Å². The van der Waals surface area contributed by atoms with Crippen molar-refractivity contribution in [3.8, 4) is 0 Å². The van der Waals surface area contributed by atoms with Crippen molar-refractivity contribution >= 4 is 35.1 Å². The Hall–Kier alpha value is -2.57. The number of benzene rings is 2.